The minimum Gasteiger partial charge on any atom is -0.382 e. The molecule has 0 amide bonds. The van der Waals surface area contributed by atoms with Gasteiger partial charge in [0.05, 0.1) is 15.6 Å². The van der Waals surface area contributed by atoms with Crippen LogP contribution in [0.15, 0.2) is 16.7 Å². The SMILES string of the molecule is N#Cc1c(Br)nn(-c2c(Cl)cc(C(F)(F)F)cc2Cl)c1N. The van der Waals surface area contributed by atoms with E-state index in [9.17, 15) is 13.2 Å². The summed E-state index contributed by atoms with van der Waals surface area (Å²) in [6, 6.07) is 3.23. The topological polar surface area (TPSA) is 67.6 Å². The number of nitrogens with zero attached hydrogens (tertiary/aromatic N) is 3. The Bertz CT molecular complexity index is 741. The normalized spacial score (nSPS) is 11.5. The van der Waals surface area contributed by atoms with Crippen LogP contribution in [0.1, 0.15) is 11.1 Å². The number of hydrogen-bond acceptors (Lipinski definition) is 3. The average Bonchev–Trinajstić information content (AvgIpc) is 2.62. The van der Waals surface area contributed by atoms with Crippen molar-refractivity contribution in [2.24, 2.45) is 0 Å². The standard InChI is InChI=1S/C11H4BrCl2F3N4/c12-9-5(3-18)10(19)21(20-9)8-6(13)1-4(2-7(8)14)11(15,16)17/h1-2H,19H2. The number of aromatic nitrogens is 2. The molecule has 0 saturated carbocycles. The molecule has 0 spiro atoms. The van der Waals surface area contributed by atoms with E-state index in [-0.39, 0.29) is 31.7 Å². The third kappa shape index (κ3) is 2.81. The summed E-state index contributed by atoms with van der Waals surface area (Å²) in [6.07, 6.45) is -4.58. The van der Waals surface area contributed by atoms with E-state index in [4.69, 9.17) is 34.2 Å². The Morgan fingerprint density at radius 2 is 1.81 bits per heavy atom. The maximum atomic E-state index is 12.7. The van der Waals surface area contributed by atoms with E-state index in [1.54, 1.807) is 6.07 Å². The lowest BCUT2D eigenvalue weighted by molar-refractivity contribution is -0.137. The summed E-state index contributed by atoms with van der Waals surface area (Å²) in [7, 11) is 0. The zero-order valence-electron chi connectivity index (χ0n) is 9.84. The molecule has 1 aromatic carbocycles. The third-order valence-corrected chi connectivity index (χ3v) is 3.68. The molecule has 0 bridgehead atoms. The first-order valence-electron chi connectivity index (χ1n) is 5.17. The van der Waals surface area contributed by atoms with Crippen molar-refractivity contribution in [2.75, 3.05) is 5.73 Å². The highest BCUT2D eigenvalue weighted by molar-refractivity contribution is 9.10. The maximum absolute atomic E-state index is 12.7. The molecule has 4 nitrogen and oxygen atoms in total. The van der Waals surface area contributed by atoms with E-state index >= 15 is 0 Å². The van der Waals surface area contributed by atoms with Crippen LogP contribution >= 0.6 is 39.1 Å². The first-order chi connectivity index (χ1) is 9.66. The van der Waals surface area contributed by atoms with Gasteiger partial charge in [-0.1, -0.05) is 23.2 Å². The lowest BCUT2D eigenvalue weighted by atomic mass is 10.2. The Balaban J connectivity index is 2.70. The van der Waals surface area contributed by atoms with Gasteiger partial charge < -0.3 is 5.73 Å². The molecule has 0 aliphatic heterocycles. The van der Waals surface area contributed by atoms with Crippen LogP contribution in [0.4, 0.5) is 19.0 Å². The predicted octanol–water partition coefficient (Wildman–Crippen LogP) is 4.41. The van der Waals surface area contributed by atoms with Gasteiger partial charge in [-0.15, -0.1) is 0 Å². The largest absolute Gasteiger partial charge is 0.416 e. The summed E-state index contributed by atoms with van der Waals surface area (Å²) in [5, 5.41) is 12.2. The van der Waals surface area contributed by atoms with Gasteiger partial charge in [0.1, 0.15) is 27.7 Å². The number of anilines is 1. The summed E-state index contributed by atoms with van der Waals surface area (Å²) >= 11 is 14.7. The molecule has 2 N–H and O–H groups in total. The van der Waals surface area contributed by atoms with Crippen molar-refractivity contribution < 1.29 is 13.2 Å². The second-order valence-corrected chi connectivity index (χ2v) is 5.43. The number of halogens is 6. The van der Waals surface area contributed by atoms with Crippen LogP contribution in [0.3, 0.4) is 0 Å². The van der Waals surface area contributed by atoms with E-state index in [2.05, 4.69) is 21.0 Å². The molecule has 2 aromatic rings. The fraction of sp³-hybridized carbons (Fsp3) is 0.0909. The quantitative estimate of drug-likeness (QED) is 0.771. The number of benzene rings is 1. The van der Waals surface area contributed by atoms with Gasteiger partial charge in [-0.25, -0.2) is 4.68 Å². The van der Waals surface area contributed by atoms with Crippen molar-refractivity contribution >= 4 is 44.9 Å². The molecule has 2 rings (SSSR count). The van der Waals surface area contributed by atoms with Gasteiger partial charge in [0.2, 0.25) is 0 Å². The van der Waals surface area contributed by atoms with Gasteiger partial charge in [-0.2, -0.15) is 23.5 Å². The molecule has 0 radical (unpaired) electrons. The smallest absolute Gasteiger partial charge is 0.382 e. The first kappa shape index (κ1) is 15.9. The maximum Gasteiger partial charge on any atom is 0.416 e. The van der Waals surface area contributed by atoms with Crippen LogP contribution in [0.5, 0.6) is 0 Å². The fourth-order valence-electron chi connectivity index (χ4n) is 1.61. The Kier molecular flexibility index (Phi) is 4.10. The lowest BCUT2D eigenvalue weighted by Gasteiger charge is -2.13. The van der Waals surface area contributed by atoms with Crippen molar-refractivity contribution in [1.82, 2.24) is 9.78 Å². The average molecular weight is 400 g/mol. The molecule has 1 aromatic heterocycles. The summed E-state index contributed by atoms with van der Waals surface area (Å²) in [6.45, 7) is 0. The third-order valence-electron chi connectivity index (χ3n) is 2.55. The summed E-state index contributed by atoms with van der Waals surface area (Å²) in [5.41, 5.74) is 4.72. The van der Waals surface area contributed by atoms with Crippen molar-refractivity contribution in [1.29, 1.82) is 5.26 Å². The van der Waals surface area contributed by atoms with Crippen LogP contribution < -0.4 is 5.73 Å². The molecule has 110 valence electrons. The lowest BCUT2D eigenvalue weighted by Crippen LogP contribution is -2.08. The van der Waals surface area contributed by atoms with E-state index in [1.165, 1.54) is 0 Å². The molecule has 0 aliphatic carbocycles. The van der Waals surface area contributed by atoms with Crippen molar-refractivity contribution in [2.45, 2.75) is 6.18 Å². The molecule has 0 aliphatic rings. The molecule has 0 atom stereocenters. The number of rotatable bonds is 1. The van der Waals surface area contributed by atoms with Crippen LogP contribution in [-0.2, 0) is 6.18 Å². The fourth-order valence-corrected chi connectivity index (χ4v) is 2.71. The number of nitrogens with two attached hydrogens (primary N) is 1. The molecule has 0 unspecified atom stereocenters. The summed E-state index contributed by atoms with van der Waals surface area (Å²) < 4.78 is 39.1. The van der Waals surface area contributed by atoms with Crippen molar-refractivity contribution in [3.8, 4) is 11.8 Å². The van der Waals surface area contributed by atoms with Gasteiger partial charge in [0.25, 0.3) is 0 Å². The zero-order valence-corrected chi connectivity index (χ0v) is 12.9. The molecule has 0 saturated heterocycles. The second kappa shape index (κ2) is 5.40. The minimum atomic E-state index is -4.58. The van der Waals surface area contributed by atoms with Crippen LogP contribution in [-0.4, -0.2) is 9.78 Å². The van der Waals surface area contributed by atoms with E-state index < -0.39 is 11.7 Å². The number of nitriles is 1. The Hall–Kier alpha value is -1.43. The Labute approximate surface area is 135 Å². The number of hydrogen-bond donors (Lipinski definition) is 1. The van der Waals surface area contributed by atoms with Crippen LogP contribution in [0.2, 0.25) is 10.0 Å². The van der Waals surface area contributed by atoms with E-state index in [0.717, 1.165) is 4.68 Å². The molecule has 21 heavy (non-hydrogen) atoms. The highest BCUT2D eigenvalue weighted by Crippen LogP contribution is 2.38. The molecule has 1 heterocycles. The second-order valence-electron chi connectivity index (χ2n) is 3.86. The Morgan fingerprint density at radius 1 is 1.29 bits per heavy atom. The van der Waals surface area contributed by atoms with Crippen molar-refractivity contribution in [3.63, 3.8) is 0 Å². The van der Waals surface area contributed by atoms with Gasteiger partial charge in [-0.05, 0) is 28.1 Å². The summed E-state index contributed by atoms with van der Waals surface area (Å²) in [4.78, 5) is 0. The van der Waals surface area contributed by atoms with Crippen LogP contribution in [0.25, 0.3) is 5.69 Å². The van der Waals surface area contributed by atoms with E-state index in [0.29, 0.717) is 12.1 Å². The molecule has 0 fully saturated rings. The van der Waals surface area contributed by atoms with Gasteiger partial charge in [-0.3, -0.25) is 0 Å². The predicted molar refractivity (Wildman–Crippen MR) is 75.4 cm³/mol. The molecule has 10 heteroatoms. The highest BCUT2D eigenvalue weighted by atomic mass is 79.9. The number of nitrogen functional groups attached to an aromatic ring is 1. The highest BCUT2D eigenvalue weighted by Gasteiger charge is 2.32. The zero-order chi connectivity index (χ0) is 15.9. The van der Waals surface area contributed by atoms with Gasteiger partial charge >= 0.3 is 6.18 Å². The monoisotopic (exact) mass is 398 g/mol. The molecular formula is C11H4BrCl2F3N4. The Morgan fingerprint density at radius 3 is 2.19 bits per heavy atom. The number of alkyl halides is 3. The molecular weight excluding hydrogens is 396 g/mol. The summed E-state index contributed by atoms with van der Waals surface area (Å²) in [5.74, 6) is -0.0899. The van der Waals surface area contributed by atoms with Crippen LogP contribution in [0, 0.1) is 11.3 Å². The van der Waals surface area contributed by atoms with E-state index in [1.807, 2.05) is 0 Å². The first-order valence-corrected chi connectivity index (χ1v) is 6.72. The van der Waals surface area contributed by atoms with Gasteiger partial charge in [0, 0.05) is 0 Å². The van der Waals surface area contributed by atoms with Crippen molar-refractivity contribution in [3.05, 3.63) is 37.9 Å². The minimum absolute atomic E-state index is 0.0297. The van der Waals surface area contributed by atoms with Gasteiger partial charge in [0.15, 0.2) is 0 Å².